The van der Waals surface area contributed by atoms with Gasteiger partial charge in [0.05, 0.1) is 17.4 Å². The molecule has 1 aromatic carbocycles. The molecule has 3 rings (SSSR count). The lowest BCUT2D eigenvalue weighted by atomic mass is 10.1. The molecule has 2 fully saturated rings. The Morgan fingerprint density at radius 2 is 2.00 bits per heavy atom. The predicted octanol–water partition coefficient (Wildman–Crippen LogP) is 0.771. The van der Waals surface area contributed by atoms with Crippen molar-refractivity contribution in [1.82, 2.24) is 10.2 Å². The summed E-state index contributed by atoms with van der Waals surface area (Å²) in [5.74, 6) is -0.411. The number of amides is 2. The minimum absolute atomic E-state index is 0.0319. The van der Waals surface area contributed by atoms with Crippen molar-refractivity contribution in [3.05, 3.63) is 35.9 Å². The molecular weight excluding hydrogens is 340 g/mol. The summed E-state index contributed by atoms with van der Waals surface area (Å²) in [5.41, 5.74) is 1.24. The Morgan fingerprint density at radius 1 is 1.24 bits per heavy atom. The number of rotatable bonds is 6. The molecule has 2 aliphatic rings. The van der Waals surface area contributed by atoms with E-state index in [4.69, 9.17) is 0 Å². The van der Waals surface area contributed by atoms with Crippen molar-refractivity contribution in [1.29, 1.82) is 0 Å². The van der Waals surface area contributed by atoms with Crippen LogP contribution in [0.15, 0.2) is 30.3 Å². The van der Waals surface area contributed by atoms with Crippen LogP contribution in [0.3, 0.4) is 0 Å². The fourth-order valence-electron chi connectivity index (χ4n) is 3.57. The third-order valence-corrected chi connectivity index (χ3v) is 6.71. The first kappa shape index (κ1) is 17.9. The molecule has 0 radical (unpaired) electrons. The maximum absolute atomic E-state index is 12.3. The smallest absolute Gasteiger partial charge is 0.225 e. The Balaban J connectivity index is 1.43. The minimum Gasteiger partial charge on any atom is -0.356 e. The molecule has 2 heterocycles. The lowest BCUT2D eigenvalue weighted by molar-refractivity contribution is -0.130. The highest BCUT2D eigenvalue weighted by Gasteiger charge is 2.41. The molecule has 0 saturated carbocycles. The number of likely N-dealkylation sites (tertiary alicyclic amines) is 1. The Labute approximate surface area is 148 Å². The molecule has 2 amide bonds. The van der Waals surface area contributed by atoms with Crippen molar-refractivity contribution < 1.29 is 18.0 Å². The number of sulfone groups is 1. The number of benzene rings is 1. The maximum atomic E-state index is 12.3. The molecule has 0 aliphatic carbocycles. The van der Waals surface area contributed by atoms with Crippen molar-refractivity contribution >= 4 is 21.7 Å². The molecule has 2 atom stereocenters. The first-order chi connectivity index (χ1) is 11.9. The largest absolute Gasteiger partial charge is 0.356 e. The first-order valence-corrected chi connectivity index (χ1v) is 10.6. The van der Waals surface area contributed by atoms with E-state index in [1.165, 1.54) is 5.56 Å². The van der Waals surface area contributed by atoms with Crippen LogP contribution in [0, 0.1) is 5.92 Å². The molecule has 1 N–H and O–H groups in total. The molecule has 136 valence electrons. The summed E-state index contributed by atoms with van der Waals surface area (Å²) in [6, 6.07) is 9.83. The van der Waals surface area contributed by atoms with Gasteiger partial charge in [-0.3, -0.25) is 9.59 Å². The molecule has 1 aromatic rings. The fraction of sp³-hybridized carbons (Fsp3) is 0.556. The number of hydrogen-bond donors (Lipinski definition) is 1. The van der Waals surface area contributed by atoms with Crippen molar-refractivity contribution in [3.8, 4) is 0 Å². The SMILES string of the molecule is O=C(NCCCc1ccccc1)C1CC(=O)N(C2CCS(=O)(=O)C2)C1. The summed E-state index contributed by atoms with van der Waals surface area (Å²) in [6.45, 7) is 0.916. The number of nitrogens with zero attached hydrogens (tertiary/aromatic N) is 1. The Morgan fingerprint density at radius 3 is 2.68 bits per heavy atom. The Kier molecular flexibility index (Phi) is 5.42. The Hall–Kier alpha value is -1.89. The maximum Gasteiger partial charge on any atom is 0.225 e. The van der Waals surface area contributed by atoms with Crippen molar-refractivity contribution in [3.63, 3.8) is 0 Å². The molecule has 0 spiro atoms. The van der Waals surface area contributed by atoms with E-state index < -0.39 is 9.84 Å². The summed E-state index contributed by atoms with van der Waals surface area (Å²) >= 11 is 0. The fourth-order valence-corrected chi connectivity index (χ4v) is 5.31. The van der Waals surface area contributed by atoms with Crippen LogP contribution in [0.1, 0.15) is 24.8 Å². The van der Waals surface area contributed by atoms with Crippen LogP contribution in [0.2, 0.25) is 0 Å². The second-order valence-electron chi connectivity index (χ2n) is 6.88. The summed E-state index contributed by atoms with van der Waals surface area (Å²) in [4.78, 5) is 26.0. The third kappa shape index (κ3) is 4.60. The van der Waals surface area contributed by atoms with Gasteiger partial charge in [0.15, 0.2) is 9.84 Å². The van der Waals surface area contributed by atoms with Gasteiger partial charge in [-0.1, -0.05) is 30.3 Å². The molecule has 0 aromatic heterocycles. The number of carbonyl (C=O) groups excluding carboxylic acids is 2. The molecule has 0 bridgehead atoms. The zero-order valence-corrected chi connectivity index (χ0v) is 15.0. The number of nitrogens with one attached hydrogen (secondary N) is 1. The minimum atomic E-state index is -3.03. The summed E-state index contributed by atoms with van der Waals surface area (Å²) in [7, 11) is -3.03. The first-order valence-electron chi connectivity index (χ1n) is 8.76. The van der Waals surface area contributed by atoms with Gasteiger partial charge < -0.3 is 10.2 Å². The zero-order chi connectivity index (χ0) is 17.9. The topological polar surface area (TPSA) is 83.6 Å². The van der Waals surface area contributed by atoms with E-state index in [9.17, 15) is 18.0 Å². The lowest BCUT2D eigenvalue weighted by Gasteiger charge is -2.22. The van der Waals surface area contributed by atoms with Crippen molar-refractivity contribution in [2.75, 3.05) is 24.6 Å². The van der Waals surface area contributed by atoms with Gasteiger partial charge in [-0.05, 0) is 24.8 Å². The molecule has 2 saturated heterocycles. The molecule has 2 aliphatic heterocycles. The standard InChI is InChI=1S/C18H24N2O4S/c21-17-11-15(12-20(17)16-8-10-25(23,24)13-16)18(22)19-9-4-7-14-5-2-1-3-6-14/h1-3,5-6,15-16H,4,7-13H2,(H,19,22). The molecule has 7 heteroatoms. The summed E-state index contributed by atoms with van der Waals surface area (Å²) < 4.78 is 23.2. The van der Waals surface area contributed by atoms with Gasteiger partial charge in [0.2, 0.25) is 11.8 Å². The number of hydrogen-bond acceptors (Lipinski definition) is 4. The van der Waals surface area contributed by atoms with Crippen LogP contribution in [-0.4, -0.2) is 55.8 Å². The Bertz CT molecular complexity index is 733. The van der Waals surface area contributed by atoms with Gasteiger partial charge in [-0.2, -0.15) is 0 Å². The van der Waals surface area contributed by atoms with Crippen LogP contribution >= 0.6 is 0 Å². The van der Waals surface area contributed by atoms with E-state index in [1.807, 2.05) is 18.2 Å². The highest BCUT2D eigenvalue weighted by atomic mass is 32.2. The van der Waals surface area contributed by atoms with Gasteiger partial charge in [0.25, 0.3) is 0 Å². The van der Waals surface area contributed by atoms with E-state index in [2.05, 4.69) is 17.4 Å². The normalized spacial score (nSPS) is 25.3. The quantitative estimate of drug-likeness (QED) is 0.756. The third-order valence-electron chi connectivity index (χ3n) is 4.96. The highest BCUT2D eigenvalue weighted by Crippen LogP contribution is 2.26. The van der Waals surface area contributed by atoms with Crippen molar-refractivity contribution in [2.45, 2.75) is 31.7 Å². The van der Waals surface area contributed by atoms with Gasteiger partial charge in [0.1, 0.15) is 0 Å². The summed E-state index contributed by atoms with van der Waals surface area (Å²) in [6.07, 6.45) is 2.42. The molecule has 6 nitrogen and oxygen atoms in total. The van der Waals surface area contributed by atoms with Crippen molar-refractivity contribution in [2.24, 2.45) is 5.92 Å². The molecule has 2 unspecified atom stereocenters. The van der Waals surface area contributed by atoms with E-state index in [1.54, 1.807) is 4.90 Å². The van der Waals surface area contributed by atoms with Gasteiger partial charge in [-0.15, -0.1) is 0 Å². The number of carbonyl (C=O) groups is 2. The highest BCUT2D eigenvalue weighted by molar-refractivity contribution is 7.91. The van der Waals surface area contributed by atoms with Gasteiger partial charge in [0, 0.05) is 25.6 Å². The van der Waals surface area contributed by atoms with Crippen LogP contribution in [0.5, 0.6) is 0 Å². The zero-order valence-electron chi connectivity index (χ0n) is 14.2. The van der Waals surface area contributed by atoms with E-state index in [0.717, 1.165) is 12.8 Å². The van der Waals surface area contributed by atoms with Crippen LogP contribution in [-0.2, 0) is 25.8 Å². The number of aryl methyl sites for hydroxylation is 1. The molecular formula is C18H24N2O4S. The average Bonchev–Trinajstić information content (AvgIpc) is 3.14. The summed E-state index contributed by atoms with van der Waals surface area (Å²) in [5, 5.41) is 2.91. The van der Waals surface area contributed by atoms with Gasteiger partial charge >= 0.3 is 0 Å². The average molecular weight is 364 g/mol. The van der Waals surface area contributed by atoms with Gasteiger partial charge in [-0.25, -0.2) is 8.42 Å². The second-order valence-corrected chi connectivity index (χ2v) is 9.11. The van der Waals surface area contributed by atoms with E-state index in [0.29, 0.717) is 19.5 Å². The van der Waals surface area contributed by atoms with Crippen LogP contribution in [0.4, 0.5) is 0 Å². The predicted molar refractivity (Wildman–Crippen MR) is 94.7 cm³/mol. The lowest BCUT2D eigenvalue weighted by Crippen LogP contribution is -2.39. The van der Waals surface area contributed by atoms with Crippen LogP contribution < -0.4 is 5.32 Å². The van der Waals surface area contributed by atoms with E-state index in [-0.39, 0.29) is 41.7 Å². The second kappa shape index (κ2) is 7.56. The monoisotopic (exact) mass is 364 g/mol. The van der Waals surface area contributed by atoms with Crippen LogP contribution in [0.25, 0.3) is 0 Å². The molecule has 25 heavy (non-hydrogen) atoms. The van der Waals surface area contributed by atoms with E-state index >= 15 is 0 Å².